The van der Waals surface area contributed by atoms with Crippen molar-refractivity contribution in [1.29, 1.82) is 0 Å². The Morgan fingerprint density at radius 2 is 1.96 bits per heavy atom. The predicted octanol–water partition coefficient (Wildman–Crippen LogP) is 3.94. The third kappa shape index (κ3) is 4.15. The number of amides is 1. The molecule has 0 fully saturated rings. The number of hydrazine groups is 1. The molecule has 1 heterocycles. The molecular weight excluding hydrogens is 376 g/mol. The number of aromatic nitrogens is 2. The lowest BCUT2D eigenvalue weighted by atomic mass is 10.2. The standard InChI is InChI=1S/C20H21ClN6O/c1-3-27(14-8-6-7-13(2)11-14)19-17(22)18(23-12-24-19)25-26-20(28)15-9-4-5-10-16(15)21/h4-12H,3,22H2,1-2H3,(H,26,28)(H,23,24,25). The Labute approximate surface area is 168 Å². The number of carbonyl (C=O) groups excluding carboxylic acids is 1. The van der Waals surface area contributed by atoms with Crippen molar-refractivity contribution >= 4 is 40.5 Å². The van der Waals surface area contributed by atoms with Gasteiger partial charge >= 0.3 is 0 Å². The highest BCUT2D eigenvalue weighted by Gasteiger charge is 2.17. The molecule has 0 bridgehead atoms. The summed E-state index contributed by atoms with van der Waals surface area (Å²) in [5.41, 5.74) is 14.4. The van der Waals surface area contributed by atoms with Gasteiger partial charge in [-0.25, -0.2) is 9.97 Å². The molecule has 8 heteroatoms. The molecule has 0 aliphatic carbocycles. The van der Waals surface area contributed by atoms with Gasteiger partial charge in [0.25, 0.3) is 5.91 Å². The Kier molecular flexibility index (Phi) is 5.96. The van der Waals surface area contributed by atoms with E-state index in [1.165, 1.54) is 6.33 Å². The van der Waals surface area contributed by atoms with Gasteiger partial charge in [0.2, 0.25) is 0 Å². The summed E-state index contributed by atoms with van der Waals surface area (Å²) < 4.78 is 0. The summed E-state index contributed by atoms with van der Waals surface area (Å²) in [7, 11) is 0. The number of halogens is 1. The monoisotopic (exact) mass is 396 g/mol. The summed E-state index contributed by atoms with van der Waals surface area (Å²) in [5, 5.41) is 0.356. The summed E-state index contributed by atoms with van der Waals surface area (Å²) >= 11 is 6.05. The Hall–Kier alpha value is -3.32. The van der Waals surface area contributed by atoms with Crippen molar-refractivity contribution in [3.63, 3.8) is 0 Å². The molecule has 7 nitrogen and oxygen atoms in total. The highest BCUT2D eigenvalue weighted by Crippen LogP contribution is 2.31. The van der Waals surface area contributed by atoms with Gasteiger partial charge in [-0.05, 0) is 43.7 Å². The van der Waals surface area contributed by atoms with Crippen molar-refractivity contribution in [3.8, 4) is 0 Å². The molecule has 144 valence electrons. The maximum atomic E-state index is 12.3. The van der Waals surface area contributed by atoms with E-state index in [2.05, 4.69) is 26.9 Å². The van der Waals surface area contributed by atoms with Crippen LogP contribution >= 0.6 is 11.6 Å². The van der Waals surface area contributed by atoms with Crippen molar-refractivity contribution in [2.45, 2.75) is 13.8 Å². The lowest BCUT2D eigenvalue weighted by molar-refractivity contribution is 0.0962. The van der Waals surface area contributed by atoms with Gasteiger partial charge in [-0.2, -0.15) is 0 Å². The molecule has 0 unspecified atom stereocenters. The molecule has 1 aromatic heterocycles. The van der Waals surface area contributed by atoms with Gasteiger partial charge in [-0.15, -0.1) is 0 Å². The van der Waals surface area contributed by atoms with Crippen LogP contribution in [0.15, 0.2) is 54.9 Å². The van der Waals surface area contributed by atoms with Crippen LogP contribution in [-0.2, 0) is 0 Å². The summed E-state index contributed by atoms with van der Waals surface area (Å²) in [6.07, 6.45) is 1.40. The summed E-state index contributed by atoms with van der Waals surface area (Å²) in [6, 6.07) is 14.8. The SMILES string of the molecule is CCN(c1cccc(C)c1)c1ncnc(NNC(=O)c2ccccc2Cl)c1N. The second-order valence-electron chi connectivity index (χ2n) is 6.10. The highest BCUT2D eigenvalue weighted by atomic mass is 35.5. The van der Waals surface area contributed by atoms with E-state index in [9.17, 15) is 4.79 Å². The molecule has 3 aromatic rings. The first-order chi connectivity index (χ1) is 13.5. The van der Waals surface area contributed by atoms with Gasteiger partial charge in [0.05, 0.1) is 10.6 Å². The number of anilines is 4. The normalized spacial score (nSPS) is 10.4. The molecule has 0 saturated heterocycles. The van der Waals surface area contributed by atoms with Crippen LogP contribution in [0.4, 0.5) is 23.0 Å². The van der Waals surface area contributed by atoms with E-state index in [-0.39, 0.29) is 0 Å². The Balaban J connectivity index is 1.82. The number of carbonyl (C=O) groups is 1. The quantitative estimate of drug-likeness (QED) is 0.546. The molecule has 0 saturated carbocycles. The highest BCUT2D eigenvalue weighted by molar-refractivity contribution is 6.33. The van der Waals surface area contributed by atoms with Crippen molar-refractivity contribution in [2.75, 3.05) is 22.6 Å². The van der Waals surface area contributed by atoms with Crippen molar-refractivity contribution in [3.05, 3.63) is 71.0 Å². The van der Waals surface area contributed by atoms with Crippen molar-refractivity contribution in [1.82, 2.24) is 15.4 Å². The molecular formula is C20H21ClN6O. The molecule has 0 atom stereocenters. The predicted molar refractivity (Wildman–Crippen MR) is 113 cm³/mol. The zero-order valence-electron chi connectivity index (χ0n) is 15.6. The molecule has 1 amide bonds. The van der Waals surface area contributed by atoms with Crippen LogP contribution in [0.2, 0.25) is 5.02 Å². The molecule has 0 aliphatic heterocycles. The van der Waals surface area contributed by atoms with Crippen LogP contribution in [0.3, 0.4) is 0 Å². The van der Waals surface area contributed by atoms with Crippen molar-refractivity contribution < 1.29 is 4.79 Å². The van der Waals surface area contributed by atoms with Crippen LogP contribution in [0, 0.1) is 6.92 Å². The first-order valence-electron chi connectivity index (χ1n) is 8.76. The average molecular weight is 397 g/mol. The van der Waals surface area contributed by atoms with Crippen LogP contribution in [-0.4, -0.2) is 22.4 Å². The first-order valence-corrected chi connectivity index (χ1v) is 9.14. The fourth-order valence-corrected chi connectivity index (χ4v) is 3.00. The Bertz CT molecular complexity index is 994. The van der Waals surface area contributed by atoms with Crippen LogP contribution in [0.25, 0.3) is 0 Å². The summed E-state index contributed by atoms with van der Waals surface area (Å²) in [4.78, 5) is 22.8. The Morgan fingerprint density at radius 1 is 1.18 bits per heavy atom. The number of hydrogen-bond donors (Lipinski definition) is 3. The second-order valence-corrected chi connectivity index (χ2v) is 6.51. The van der Waals surface area contributed by atoms with E-state index in [1.807, 2.05) is 36.9 Å². The zero-order valence-corrected chi connectivity index (χ0v) is 16.4. The maximum Gasteiger partial charge on any atom is 0.271 e. The second kappa shape index (κ2) is 8.58. The first kappa shape index (κ1) is 19.4. The number of benzene rings is 2. The van der Waals surface area contributed by atoms with Gasteiger partial charge in [-0.3, -0.25) is 15.6 Å². The maximum absolute atomic E-state index is 12.3. The topological polar surface area (TPSA) is 96.2 Å². The number of nitrogens with two attached hydrogens (primary N) is 1. The van der Waals surface area contributed by atoms with E-state index in [0.29, 0.717) is 34.5 Å². The molecule has 0 radical (unpaired) electrons. The fourth-order valence-electron chi connectivity index (χ4n) is 2.78. The number of nitrogens with zero attached hydrogens (tertiary/aromatic N) is 3. The molecule has 0 spiro atoms. The van der Waals surface area contributed by atoms with Crippen molar-refractivity contribution in [2.24, 2.45) is 0 Å². The minimum absolute atomic E-state index is 0.302. The van der Waals surface area contributed by atoms with Gasteiger partial charge < -0.3 is 10.6 Å². The fraction of sp³-hybridized carbons (Fsp3) is 0.150. The van der Waals surface area contributed by atoms with Crippen LogP contribution in [0.1, 0.15) is 22.8 Å². The molecule has 3 rings (SSSR count). The molecule has 2 aromatic carbocycles. The average Bonchev–Trinajstić information content (AvgIpc) is 2.69. The number of nitrogen functional groups attached to an aromatic ring is 1. The lowest BCUT2D eigenvalue weighted by Crippen LogP contribution is -2.31. The van der Waals surface area contributed by atoms with E-state index < -0.39 is 5.91 Å². The van der Waals surface area contributed by atoms with Gasteiger partial charge in [0.1, 0.15) is 12.0 Å². The third-order valence-electron chi connectivity index (χ3n) is 4.16. The lowest BCUT2D eigenvalue weighted by Gasteiger charge is -2.24. The smallest absolute Gasteiger partial charge is 0.271 e. The molecule has 4 N–H and O–H groups in total. The van der Waals surface area contributed by atoms with E-state index in [4.69, 9.17) is 17.3 Å². The van der Waals surface area contributed by atoms with Gasteiger partial charge in [0.15, 0.2) is 11.6 Å². The van der Waals surface area contributed by atoms with Crippen LogP contribution in [0.5, 0.6) is 0 Å². The number of nitrogens with one attached hydrogen (secondary N) is 2. The van der Waals surface area contributed by atoms with Crippen LogP contribution < -0.4 is 21.5 Å². The van der Waals surface area contributed by atoms with Gasteiger partial charge in [0, 0.05) is 12.2 Å². The van der Waals surface area contributed by atoms with E-state index in [1.54, 1.807) is 24.3 Å². The molecule has 28 heavy (non-hydrogen) atoms. The molecule has 0 aliphatic rings. The summed E-state index contributed by atoms with van der Waals surface area (Å²) in [5.74, 6) is 0.463. The minimum Gasteiger partial charge on any atom is -0.393 e. The third-order valence-corrected chi connectivity index (χ3v) is 4.49. The number of aryl methyl sites for hydroxylation is 1. The minimum atomic E-state index is -0.392. The van der Waals surface area contributed by atoms with E-state index in [0.717, 1.165) is 11.3 Å². The zero-order chi connectivity index (χ0) is 20.1. The number of hydrogen-bond acceptors (Lipinski definition) is 6. The van der Waals surface area contributed by atoms with E-state index >= 15 is 0 Å². The number of rotatable bonds is 6. The summed E-state index contributed by atoms with van der Waals surface area (Å²) in [6.45, 7) is 4.70. The largest absolute Gasteiger partial charge is 0.393 e. The Morgan fingerprint density at radius 3 is 2.68 bits per heavy atom. The van der Waals surface area contributed by atoms with Gasteiger partial charge in [-0.1, -0.05) is 35.9 Å².